The predicted octanol–water partition coefficient (Wildman–Crippen LogP) is 7.73. The van der Waals surface area contributed by atoms with Crippen molar-refractivity contribution in [3.8, 4) is 11.1 Å². The number of halogens is 3. The van der Waals surface area contributed by atoms with Crippen molar-refractivity contribution in [2.24, 2.45) is 0 Å². The molecule has 0 fully saturated rings. The molecule has 2 heterocycles. The van der Waals surface area contributed by atoms with Crippen LogP contribution in [0, 0.1) is 0 Å². The number of carbonyl (C=O) groups excluding carboxylic acids is 1. The highest BCUT2D eigenvalue weighted by Crippen LogP contribution is 2.29. The average Bonchev–Trinajstić information content (AvgIpc) is 3.55. The van der Waals surface area contributed by atoms with Gasteiger partial charge in [0, 0.05) is 36.5 Å². The van der Waals surface area contributed by atoms with E-state index in [0.717, 1.165) is 38.5 Å². The van der Waals surface area contributed by atoms with Crippen molar-refractivity contribution < 1.29 is 32.6 Å². The molecule has 6 nitrogen and oxygen atoms in total. The Kier molecular flexibility index (Phi) is 6.78. The number of hydrogen-bond donors (Lipinski definition) is 1. The maximum atomic E-state index is 12.5. The van der Waals surface area contributed by atoms with Crippen molar-refractivity contribution >= 4 is 33.7 Å². The molecule has 0 saturated carbocycles. The first-order chi connectivity index (χ1) is 20.1. The molecule has 0 radical (unpaired) electrons. The first-order valence-corrected chi connectivity index (χ1v) is 13.0. The third-order valence-electron chi connectivity index (χ3n) is 7.13. The second-order valence-corrected chi connectivity index (χ2v) is 9.98. The van der Waals surface area contributed by atoms with Gasteiger partial charge in [0.05, 0.1) is 11.1 Å². The van der Waals surface area contributed by atoms with Gasteiger partial charge < -0.3 is 19.0 Å². The summed E-state index contributed by atoms with van der Waals surface area (Å²) in [6, 6.07) is 29.1. The first kappa shape index (κ1) is 26.9. The van der Waals surface area contributed by atoms with Crippen LogP contribution in [0.1, 0.15) is 31.8 Å². The summed E-state index contributed by atoms with van der Waals surface area (Å²) in [6.07, 6.45) is -1.17. The van der Waals surface area contributed by atoms with E-state index in [0.29, 0.717) is 18.7 Å². The first-order valence-electron chi connectivity index (χ1n) is 13.0. The third kappa shape index (κ3) is 5.62. The Morgan fingerprint density at radius 1 is 0.667 bits per heavy atom. The van der Waals surface area contributed by atoms with Crippen LogP contribution < -0.4 is 0 Å². The molecular formula is C33H23F3N2O4. The number of rotatable bonds is 7. The lowest BCUT2D eigenvalue weighted by Crippen LogP contribution is -2.19. The Balaban J connectivity index is 1.29. The van der Waals surface area contributed by atoms with Gasteiger partial charge in [-0.2, -0.15) is 0 Å². The number of nitrogens with zero attached hydrogens (tertiary/aromatic N) is 2. The summed E-state index contributed by atoms with van der Waals surface area (Å²) >= 11 is 0. The van der Waals surface area contributed by atoms with Crippen molar-refractivity contribution in [2.75, 3.05) is 0 Å². The fraction of sp³-hybridized carbons (Fsp3) is 0.0909. The second-order valence-electron chi connectivity index (χ2n) is 9.98. The fourth-order valence-corrected chi connectivity index (χ4v) is 5.16. The third-order valence-corrected chi connectivity index (χ3v) is 7.13. The van der Waals surface area contributed by atoms with E-state index in [1.54, 1.807) is 24.3 Å². The maximum absolute atomic E-state index is 12.5. The summed E-state index contributed by atoms with van der Waals surface area (Å²) < 4.78 is 45.1. The molecule has 1 N–H and O–H groups in total. The molecule has 0 aliphatic carbocycles. The van der Waals surface area contributed by atoms with Gasteiger partial charge in [0.1, 0.15) is 0 Å². The summed E-state index contributed by atoms with van der Waals surface area (Å²) in [5.41, 5.74) is 5.51. The Morgan fingerprint density at radius 3 is 1.67 bits per heavy atom. The van der Waals surface area contributed by atoms with Gasteiger partial charge in [-0.05, 0) is 81.6 Å². The highest BCUT2D eigenvalue weighted by Gasteiger charge is 2.34. The molecule has 6 aromatic rings. The smallest absolute Gasteiger partial charge is 0.478 e. The average molecular weight is 569 g/mol. The minimum Gasteiger partial charge on any atom is -0.478 e. The number of fused-ring (bicyclic) bond motifs is 2. The van der Waals surface area contributed by atoms with Crippen molar-refractivity contribution in [2.45, 2.75) is 19.5 Å². The molecule has 0 atom stereocenters. The van der Waals surface area contributed by atoms with Gasteiger partial charge in [0.2, 0.25) is 0 Å². The summed E-state index contributed by atoms with van der Waals surface area (Å²) in [7, 11) is 0. The molecule has 4 aromatic carbocycles. The number of hydrogen-bond acceptors (Lipinski definition) is 3. The zero-order valence-corrected chi connectivity index (χ0v) is 22.0. The number of carboxylic acid groups (broad SMARTS) is 1. The van der Waals surface area contributed by atoms with E-state index in [9.17, 15) is 27.9 Å². The molecule has 0 aliphatic heterocycles. The Bertz CT molecular complexity index is 1970. The summed E-state index contributed by atoms with van der Waals surface area (Å²) in [5, 5.41) is 11.4. The zero-order chi connectivity index (χ0) is 29.4. The molecule has 0 aliphatic rings. The van der Waals surface area contributed by atoms with Crippen LogP contribution in [0.25, 0.3) is 32.9 Å². The largest absolute Gasteiger partial charge is 0.575 e. The summed E-state index contributed by atoms with van der Waals surface area (Å²) in [5.74, 6) is -2.41. The molecule has 210 valence electrons. The van der Waals surface area contributed by atoms with E-state index in [4.69, 9.17) is 0 Å². The van der Waals surface area contributed by atoms with Crippen LogP contribution in [0.3, 0.4) is 0 Å². The minimum atomic E-state index is -5.05. The minimum absolute atomic E-state index is 0.173. The quantitative estimate of drug-likeness (QED) is 0.200. The number of aromatic carboxylic acids is 1. The highest BCUT2D eigenvalue weighted by molar-refractivity contribution is 5.91. The van der Waals surface area contributed by atoms with E-state index >= 15 is 0 Å². The van der Waals surface area contributed by atoms with Crippen LogP contribution in [0.15, 0.2) is 109 Å². The van der Waals surface area contributed by atoms with Gasteiger partial charge in [0.15, 0.2) is 0 Å². The molecule has 0 amide bonds. The standard InChI is InChI=1S/C33H23F3N2O4/c34-33(35,36)42-32(41)28-6-2-4-22(16-28)20-38-14-12-24-8-10-26(18-30(24)38)25-9-7-23-11-13-37(29(23)17-25)19-21-3-1-5-27(15-21)31(39)40/h1-18H,19-20H2,(H,39,40). The molecule has 2 aromatic heterocycles. The Morgan fingerprint density at radius 2 is 1.17 bits per heavy atom. The fourth-order valence-electron chi connectivity index (χ4n) is 5.16. The number of alkyl halides is 3. The van der Waals surface area contributed by atoms with E-state index in [2.05, 4.69) is 21.4 Å². The van der Waals surface area contributed by atoms with Gasteiger partial charge in [-0.1, -0.05) is 48.5 Å². The molecule has 42 heavy (non-hydrogen) atoms. The lowest BCUT2D eigenvalue weighted by molar-refractivity contribution is -0.291. The number of ether oxygens (including phenoxy) is 1. The van der Waals surface area contributed by atoms with E-state index in [1.807, 2.05) is 59.4 Å². The molecule has 0 bridgehead atoms. The van der Waals surface area contributed by atoms with Gasteiger partial charge in [-0.15, -0.1) is 13.2 Å². The van der Waals surface area contributed by atoms with Crippen LogP contribution in [0.2, 0.25) is 0 Å². The molecule has 0 spiro atoms. The van der Waals surface area contributed by atoms with Gasteiger partial charge in [0.25, 0.3) is 0 Å². The highest BCUT2D eigenvalue weighted by atomic mass is 19.4. The van der Waals surface area contributed by atoms with Gasteiger partial charge in [-0.25, -0.2) is 9.59 Å². The van der Waals surface area contributed by atoms with Crippen LogP contribution >= 0.6 is 0 Å². The summed E-state index contributed by atoms with van der Waals surface area (Å²) in [4.78, 5) is 23.3. The van der Waals surface area contributed by atoms with E-state index in [1.165, 1.54) is 18.2 Å². The number of carbonyl (C=O) groups is 2. The van der Waals surface area contributed by atoms with Gasteiger partial charge >= 0.3 is 18.3 Å². The van der Waals surface area contributed by atoms with E-state index < -0.39 is 18.3 Å². The van der Waals surface area contributed by atoms with Crippen LogP contribution in [-0.4, -0.2) is 32.5 Å². The predicted molar refractivity (Wildman–Crippen MR) is 152 cm³/mol. The molecule has 9 heteroatoms. The monoisotopic (exact) mass is 568 g/mol. The van der Waals surface area contributed by atoms with Crippen LogP contribution in [-0.2, 0) is 17.8 Å². The van der Waals surface area contributed by atoms with Crippen molar-refractivity contribution in [3.05, 3.63) is 132 Å². The van der Waals surface area contributed by atoms with Crippen molar-refractivity contribution in [3.63, 3.8) is 0 Å². The maximum Gasteiger partial charge on any atom is 0.575 e. The lowest BCUT2D eigenvalue weighted by Gasteiger charge is -2.11. The number of benzene rings is 4. The summed E-state index contributed by atoms with van der Waals surface area (Å²) in [6.45, 7) is 0.864. The normalized spacial score (nSPS) is 11.7. The lowest BCUT2D eigenvalue weighted by atomic mass is 10.0. The van der Waals surface area contributed by atoms with Gasteiger partial charge in [-0.3, -0.25) is 0 Å². The van der Waals surface area contributed by atoms with Crippen LogP contribution in [0.4, 0.5) is 13.2 Å². The molecular weight excluding hydrogens is 545 g/mol. The molecule has 0 saturated heterocycles. The van der Waals surface area contributed by atoms with Crippen molar-refractivity contribution in [1.29, 1.82) is 0 Å². The topological polar surface area (TPSA) is 73.5 Å². The number of esters is 1. The number of aromatic nitrogens is 2. The Hall–Kier alpha value is -5.31. The zero-order valence-electron chi connectivity index (χ0n) is 22.0. The SMILES string of the molecule is O=C(O)c1cccc(Cn2ccc3ccc(-c4ccc5ccn(Cc6cccc(C(=O)OC(F)(F)F)c6)c5c4)cc32)c1. The van der Waals surface area contributed by atoms with Crippen LogP contribution in [0.5, 0.6) is 0 Å². The van der Waals surface area contributed by atoms with E-state index in [-0.39, 0.29) is 11.1 Å². The molecule has 0 unspecified atom stereocenters. The molecule has 6 rings (SSSR count). The van der Waals surface area contributed by atoms with Crippen molar-refractivity contribution in [1.82, 2.24) is 9.13 Å². The Labute approximate surface area is 237 Å². The second kappa shape index (κ2) is 10.6. The number of carboxylic acids is 1.